The second kappa shape index (κ2) is 5.96. The van der Waals surface area contributed by atoms with Crippen LogP contribution in [0.4, 0.5) is 5.69 Å². The maximum Gasteiger partial charge on any atom is 0.278 e. The number of carbonyl (C=O) groups is 1. The molecule has 0 aliphatic heterocycles. The zero-order valence-electron chi connectivity index (χ0n) is 12.7. The molecule has 0 saturated carbocycles. The molecule has 0 atom stereocenters. The van der Waals surface area contributed by atoms with Gasteiger partial charge in [-0.25, -0.2) is 4.68 Å². The number of aromatic nitrogens is 2. The number of aromatic carboxylic acids is 1. The van der Waals surface area contributed by atoms with Gasteiger partial charge in [-0.3, -0.25) is 10.1 Å². The molecular weight excluding hydrogens is 310 g/mol. The van der Waals surface area contributed by atoms with Crippen LogP contribution < -0.4 is 5.11 Å². The lowest BCUT2D eigenvalue weighted by atomic mass is 10.0. The monoisotopic (exact) mass is 322 g/mol. The average molecular weight is 322 g/mol. The number of nitro benzene ring substituents is 1. The van der Waals surface area contributed by atoms with E-state index in [9.17, 15) is 20.0 Å². The smallest absolute Gasteiger partial charge is 0.278 e. The van der Waals surface area contributed by atoms with Crippen LogP contribution in [0.2, 0.25) is 0 Å². The van der Waals surface area contributed by atoms with Gasteiger partial charge in [-0.1, -0.05) is 30.3 Å². The maximum atomic E-state index is 11.6. The van der Waals surface area contributed by atoms with E-state index < -0.39 is 10.9 Å². The van der Waals surface area contributed by atoms with E-state index in [1.54, 1.807) is 30.3 Å². The second-order valence-electron chi connectivity index (χ2n) is 5.12. The summed E-state index contributed by atoms with van der Waals surface area (Å²) in [5.74, 6) is -1.43. The Bertz CT molecular complexity index is 932. The van der Waals surface area contributed by atoms with Gasteiger partial charge in [0.1, 0.15) is 0 Å². The number of nitrogens with zero attached hydrogens (tertiary/aromatic N) is 3. The fourth-order valence-electron chi connectivity index (χ4n) is 2.61. The Morgan fingerprint density at radius 2 is 1.71 bits per heavy atom. The van der Waals surface area contributed by atoms with E-state index in [-0.39, 0.29) is 28.2 Å². The van der Waals surface area contributed by atoms with E-state index >= 15 is 0 Å². The summed E-state index contributed by atoms with van der Waals surface area (Å²) in [4.78, 5) is 22.4. The van der Waals surface area contributed by atoms with Gasteiger partial charge in [-0.05, 0) is 25.1 Å². The Balaban J connectivity index is 2.39. The van der Waals surface area contributed by atoms with Crippen LogP contribution in [0, 0.1) is 17.0 Å². The molecule has 0 amide bonds. The first kappa shape index (κ1) is 15.4. The van der Waals surface area contributed by atoms with Crippen LogP contribution in [-0.4, -0.2) is 20.7 Å². The minimum Gasteiger partial charge on any atom is -0.545 e. The zero-order chi connectivity index (χ0) is 17.3. The minimum absolute atomic E-state index is 0.131. The van der Waals surface area contributed by atoms with E-state index in [2.05, 4.69) is 5.10 Å². The van der Waals surface area contributed by atoms with Crippen molar-refractivity contribution in [2.45, 2.75) is 6.92 Å². The lowest BCUT2D eigenvalue weighted by Gasteiger charge is -2.11. The molecule has 0 spiro atoms. The number of nitro groups is 1. The molecule has 7 nitrogen and oxygen atoms in total. The molecule has 3 aromatic rings. The molecule has 0 fully saturated rings. The van der Waals surface area contributed by atoms with E-state index in [0.717, 1.165) is 0 Å². The number of carbonyl (C=O) groups excluding carboxylic acids is 1. The highest BCUT2D eigenvalue weighted by molar-refractivity contribution is 5.96. The first-order valence-electron chi connectivity index (χ1n) is 7.11. The molecule has 0 saturated heterocycles. The van der Waals surface area contributed by atoms with Gasteiger partial charge in [0, 0.05) is 11.6 Å². The molecule has 7 heteroatoms. The fourth-order valence-corrected chi connectivity index (χ4v) is 2.61. The minimum atomic E-state index is -1.43. The van der Waals surface area contributed by atoms with Crippen molar-refractivity contribution in [3.63, 3.8) is 0 Å². The summed E-state index contributed by atoms with van der Waals surface area (Å²) in [6.07, 6.45) is 0. The molecule has 0 unspecified atom stereocenters. The summed E-state index contributed by atoms with van der Waals surface area (Å²) in [7, 11) is 0. The summed E-state index contributed by atoms with van der Waals surface area (Å²) >= 11 is 0. The van der Waals surface area contributed by atoms with Gasteiger partial charge in [0.25, 0.3) is 5.69 Å². The van der Waals surface area contributed by atoms with Gasteiger partial charge < -0.3 is 9.90 Å². The molecule has 0 N–H and O–H groups in total. The van der Waals surface area contributed by atoms with Crippen molar-refractivity contribution in [1.82, 2.24) is 9.78 Å². The van der Waals surface area contributed by atoms with Crippen molar-refractivity contribution in [3.8, 4) is 16.9 Å². The van der Waals surface area contributed by atoms with Gasteiger partial charge in [-0.2, -0.15) is 5.10 Å². The van der Waals surface area contributed by atoms with Gasteiger partial charge in [-0.15, -0.1) is 0 Å². The normalized spacial score (nSPS) is 10.5. The third-order valence-corrected chi connectivity index (χ3v) is 3.62. The zero-order valence-corrected chi connectivity index (χ0v) is 12.7. The number of rotatable bonds is 4. The molecular formula is C17H12N3O4-. The van der Waals surface area contributed by atoms with E-state index in [0.29, 0.717) is 5.69 Å². The van der Waals surface area contributed by atoms with Crippen LogP contribution in [0.25, 0.3) is 16.9 Å². The summed E-state index contributed by atoms with van der Waals surface area (Å²) in [5.41, 5.74) is 0.774. The molecule has 1 aromatic heterocycles. The molecule has 1 heterocycles. The van der Waals surface area contributed by atoms with Crippen LogP contribution in [0.15, 0.2) is 54.6 Å². The number of carboxylic acids is 1. The largest absolute Gasteiger partial charge is 0.545 e. The summed E-state index contributed by atoms with van der Waals surface area (Å²) in [6, 6.07) is 14.8. The lowest BCUT2D eigenvalue weighted by Crippen LogP contribution is -2.23. The first-order chi connectivity index (χ1) is 11.5. The van der Waals surface area contributed by atoms with Gasteiger partial charge in [0.05, 0.1) is 33.5 Å². The summed E-state index contributed by atoms with van der Waals surface area (Å²) < 4.78 is 1.39. The quantitative estimate of drug-likeness (QED) is 0.541. The highest BCUT2D eigenvalue weighted by Gasteiger charge is 2.25. The van der Waals surface area contributed by atoms with Crippen molar-refractivity contribution in [2.24, 2.45) is 0 Å². The lowest BCUT2D eigenvalue weighted by molar-refractivity contribution is -0.384. The number of hydrogen-bond acceptors (Lipinski definition) is 5. The summed E-state index contributed by atoms with van der Waals surface area (Å²) in [5, 5.41) is 27.2. The number of aryl methyl sites for hydroxylation is 1. The highest BCUT2D eigenvalue weighted by Crippen LogP contribution is 2.34. The van der Waals surface area contributed by atoms with Crippen LogP contribution in [0.5, 0.6) is 0 Å². The van der Waals surface area contributed by atoms with Crippen molar-refractivity contribution in [1.29, 1.82) is 0 Å². The topological polar surface area (TPSA) is 101 Å². The van der Waals surface area contributed by atoms with Crippen LogP contribution >= 0.6 is 0 Å². The molecule has 3 rings (SSSR count). The van der Waals surface area contributed by atoms with Crippen molar-refractivity contribution in [3.05, 3.63) is 76.0 Å². The highest BCUT2D eigenvalue weighted by atomic mass is 16.6. The van der Waals surface area contributed by atoms with E-state index in [1.807, 2.05) is 6.07 Å². The molecule has 0 aliphatic rings. The molecule has 0 radical (unpaired) electrons. The fraction of sp³-hybridized carbons (Fsp3) is 0.0588. The SMILES string of the molecule is Cc1nn(-c2ccccc2)c(-c2ccccc2[N+](=O)[O-])c1C(=O)[O-]. The van der Waals surface area contributed by atoms with Gasteiger partial charge in [0.2, 0.25) is 0 Å². The van der Waals surface area contributed by atoms with Crippen molar-refractivity contribution < 1.29 is 14.8 Å². The number of carboxylic acid groups (broad SMARTS) is 1. The van der Waals surface area contributed by atoms with Gasteiger partial charge >= 0.3 is 0 Å². The van der Waals surface area contributed by atoms with Crippen molar-refractivity contribution >= 4 is 11.7 Å². The Kier molecular flexibility index (Phi) is 3.83. The molecule has 0 bridgehead atoms. The molecule has 0 aliphatic carbocycles. The third-order valence-electron chi connectivity index (χ3n) is 3.62. The number of benzene rings is 2. The van der Waals surface area contributed by atoms with Crippen LogP contribution in [-0.2, 0) is 0 Å². The average Bonchev–Trinajstić information content (AvgIpc) is 2.93. The predicted octanol–water partition coefficient (Wildman–Crippen LogP) is 2.12. The standard InChI is InChI=1S/C17H13N3O4/c1-11-15(17(21)22)16(13-9-5-6-10-14(13)20(23)24)19(18-11)12-7-3-2-4-8-12/h2-10H,1H3,(H,21,22)/p-1. The van der Waals surface area contributed by atoms with Gasteiger partial charge in [0.15, 0.2) is 0 Å². The number of para-hydroxylation sites is 2. The third kappa shape index (κ3) is 2.52. The predicted molar refractivity (Wildman–Crippen MR) is 84.7 cm³/mol. The van der Waals surface area contributed by atoms with E-state index in [1.165, 1.54) is 29.8 Å². The molecule has 120 valence electrons. The first-order valence-corrected chi connectivity index (χ1v) is 7.11. The summed E-state index contributed by atoms with van der Waals surface area (Å²) in [6.45, 7) is 1.53. The molecule has 24 heavy (non-hydrogen) atoms. The maximum absolute atomic E-state index is 11.6. The second-order valence-corrected chi connectivity index (χ2v) is 5.12. The van der Waals surface area contributed by atoms with Crippen LogP contribution in [0.3, 0.4) is 0 Å². The van der Waals surface area contributed by atoms with Crippen molar-refractivity contribution in [2.75, 3.05) is 0 Å². The number of hydrogen-bond donors (Lipinski definition) is 0. The Hall–Kier alpha value is -3.48. The molecule has 2 aromatic carbocycles. The Morgan fingerprint density at radius 3 is 2.33 bits per heavy atom. The Labute approximate surface area is 136 Å². The van der Waals surface area contributed by atoms with E-state index in [4.69, 9.17) is 0 Å². The Morgan fingerprint density at radius 1 is 1.08 bits per heavy atom. The van der Waals surface area contributed by atoms with Crippen LogP contribution in [0.1, 0.15) is 16.1 Å².